The highest BCUT2D eigenvalue weighted by Crippen LogP contribution is 2.44. The molecular weight excluding hydrogens is 348 g/mol. The lowest BCUT2D eigenvalue weighted by molar-refractivity contribution is 0.802. The number of benzene rings is 3. The summed E-state index contributed by atoms with van der Waals surface area (Å²) in [6, 6.07) is 20.5. The first-order valence-electron chi connectivity index (χ1n) is 10.7. The predicted octanol–water partition coefficient (Wildman–Crippen LogP) is 7.67. The third-order valence-electron chi connectivity index (χ3n) is 6.69. The van der Waals surface area contributed by atoms with E-state index >= 15 is 0 Å². The van der Waals surface area contributed by atoms with E-state index < -0.39 is 0 Å². The van der Waals surface area contributed by atoms with Crippen molar-refractivity contribution in [2.75, 3.05) is 0 Å². The van der Waals surface area contributed by atoms with Gasteiger partial charge in [0.15, 0.2) is 0 Å². The van der Waals surface area contributed by atoms with Crippen LogP contribution in [0, 0.1) is 13.8 Å². The Bertz CT molecular complexity index is 1190. The minimum absolute atomic E-state index is 0.468. The van der Waals surface area contributed by atoms with Crippen LogP contribution in [0.3, 0.4) is 0 Å². The third-order valence-corrected chi connectivity index (χ3v) is 6.69. The summed E-state index contributed by atoms with van der Waals surface area (Å²) in [5.41, 5.74) is 15.7. The molecule has 29 heavy (non-hydrogen) atoms. The zero-order valence-corrected chi connectivity index (χ0v) is 17.8. The zero-order chi connectivity index (χ0) is 20.1. The highest BCUT2D eigenvalue weighted by Gasteiger charge is 2.26. The molecule has 144 valence electrons. The van der Waals surface area contributed by atoms with Gasteiger partial charge in [-0.25, -0.2) is 0 Å². The second-order valence-corrected chi connectivity index (χ2v) is 8.93. The maximum atomic E-state index is 2.43. The molecule has 0 saturated carbocycles. The monoisotopic (exact) mass is 376 g/mol. The minimum atomic E-state index is 0.468. The van der Waals surface area contributed by atoms with Crippen LogP contribution < -0.4 is 0 Å². The van der Waals surface area contributed by atoms with Crippen LogP contribution in [0.4, 0.5) is 0 Å². The molecule has 3 aromatic rings. The summed E-state index contributed by atoms with van der Waals surface area (Å²) in [7, 11) is 0. The van der Waals surface area contributed by atoms with Crippen molar-refractivity contribution in [2.45, 2.75) is 46.5 Å². The van der Waals surface area contributed by atoms with Crippen LogP contribution in [0.1, 0.15) is 58.7 Å². The Labute approximate surface area is 174 Å². The predicted molar refractivity (Wildman–Crippen MR) is 125 cm³/mol. The van der Waals surface area contributed by atoms with Crippen LogP contribution in [0.15, 0.2) is 65.7 Å². The first-order chi connectivity index (χ1) is 14.0. The number of allylic oxidation sites excluding steroid dienone is 2. The van der Waals surface area contributed by atoms with Gasteiger partial charge >= 0.3 is 0 Å². The second-order valence-electron chi connectivity index (χ2n) is 8.93. The Morgan fingerprint density at radius 2 is 1.62 bits per heavy atom. The molecule has 0 spiro atoms. The second kappa shape index (κ2) is 6.88. The van der Waals surface area contributed by atoms with Crippen LogP contribution in [-0.4, -0.2) is 0 Å². The van der Waals surface area contributed by atoms with Gasteiger partial charge in [-0.1, -0.05) is 83.5 Å². The molecule has 2 aliphatic rings. The van der Waals surface area contributed by atoms with Gasteiger partial charge in [-0.05, 0) is 85.0 Å². The van der Waals surface area contributed by atoms with Gasteiger partial charge in [-0.3, -0.25) is 0 Å². The third kappa shape index (κ3) is 3.08. The number of fused-ring (bicyclic) bond motifs is 2. The molecule has 0 bridgehead atoms. The van der Waals surface area contributed by atoms with Gasteiger partial charge < -0.3 is 0 Å². The SMILES string of the molecule is CC1=Cc2c(cccc2CC2C(C)=Cc3c(-c4cc(C)ccc4C)cccc32)C1. The summed E-state index contributed by atoms with van der Waals surface area (Å²) in [4.78, 5) is 0. The molecule has 0 N–H and O–H groups in total. The molecule has 5 rings (SSSR count). The van der Waals surface area contributed by atoms with Gasteiger partial charge in [0.1, 0.15) is 0 Å². The highest BCUT2D eigenvalue weighted by atomic mass is 14.3. The van der Waals surface area contributed by atoms with E-state index in [0.29, 0.717) is 5.92 Å². The van der Waals surface area contributed by atoms with Crippen LogP contribution in [0.25, 0.3) is 23.3 Å². The molecule has 0 heterocycles. The lowest BCUT2D eigenvalue weighted by atomic mass is 9.86. The van der Waals surface area contributed by atoms with Crippen molar-refractivity contribution in [1.29, 1.82) is 0 Å². The van der Waals surface area contributed by atoms with Crippen molar-refractivity contribution >= 4 is 12.2 Å². The molecule has 0 radical (unpaired) electrons. The average Bonchev–Trinajstić information content (AvgIpc) is 3.23. The molecule has 0 heteroatoms. The summed E-state index contributed by atoms with van der Waals surface area (Å²) >= 11 is 0. The van der Waals surface area contributed by atoms with Crippen LogP contribution >= 0.6 is 0 Å². The number of aryl methyl sites for hydroxylation is 2. The molecule has 0 amide bonds. The van der Waals surface area contributed by atoms with Crippen molar-refractivity contribution in [3.63, 3.8) is 0 Å². The fourth-order valence-corrected chi connectivity index (χ4v) is 5.15. The zero-order valence-electron chi connectivity index (χ0n) is 17.8. The van der Waals surface area contributed by atoms with Crippen LogP contribution in [-0.2, 0) is 12.8 Å². The molecule has 0 fully saturated rings. The summed E-state index contributed by atoms with van der Waals surface area (Å²) in [5, 5.41) is 0. The maximum absolute atomic E-state index is 2.43. The largest absolute Gasteiger partial charge is 0.0683 e. The quantitative estimate of drug-likeness (QED) is 0.440. The fourth-order valence-electron chi connectivity index (χ4n) is 5.15. The molecule has 0 aliphatic heterocycles. The van der Waals surface area contributed by atoms with Gasteiger partial charge in [-0.2, -0.15) is 0 Å². The molecule has 3 aromatic carbocycles. The minimum Gasteiger partial charge on any atom is -0.0683 e. The molecule has 1 atom stereocenters. The molecule has 2 aliphatic carbocycles. The number of hydrogen-bond donors (Lipinski definition) is 0. The lowest BCUT2D eigenvalue weighted by Gasteiger charge is -2.18. The Hall–Kier alpha value is -2.86. The highest BCUT2D eigenvalue weighted by molar-refractivity contribution is 5.83. The Morgan fingerprint density at radius 1 is 0.793 bits per heavy atom. The van der Waals surface area contributed by atoms with E-state index in [-0.39, 0.29) is 0 Å². The normalized spacial score (nSPS) is 17.0. The van der Waals surface area contributed by atoms with E-state index in [1.165, 1.54) is 61.2 Å². The Morgan fingerprint density at radius 3 is 2.48 bits per heavy atom. The standard InChI is InChI=1S/C29H28/c1-18-11-12-20(3)26(14-18)24-9-6-10-25-27(21(4)16-29(24)25)17-23-8-5-7-22-13-19(2)15-28(22)23/h5-12,14-16,27H,13,17H2,1-4H3. The van der Waals surface area contributed by atoms with Crippen LogP contribution in [0.2, 0.25) is 0 Å². The van der Waals surface area contributed by atoms with Crippen molar-refractivity contribution in [3.8, 4) is 11.1 Å². The Kier molecular flexibility index (Phi) is 4.32. The first kappa shape index (κ1) is 18.2. The van der Waals surface area contributed by atoms with Crippen molar-refractivity contribution in [2.24, 2.45) is 0 Å². The van der Waals surface area contributed by atoms with E-state index in [0.717, 1.165) is 12.8 Å². The first-order valence-corrected chi connectivity index (χ1v) is 10.7. The van der Waals surface area contributed by atoms with Gasteiger partial charge in [0.25, 0.3) is 0 Å². The summed E-state index contributed by atoms with van der Waals surface area (Å²) in [6.07, 6.45) is 7.02. The van der Waals surface area contributed by atoms with Crippen molar-refractivity contribution in [1.82, 2.24) is 0 Å². The fraction of sp³-hybridized carbons (Fsp3) is 0.241. The topological polar surface area (TPSA) is 0 Å². The van der Waals surface area contributed by atoms with Gasteiger partial charge in [0.2, 0.25) is 0 Å². The Balaban J connectivity index is 1.57. The molecular formula is C29H28. The van der Waals surface area contributed by atoms with E-state index in [9.17, 15) is 0 Å². The van der Waals surface area contributed by atoms with Gasteiger partial charge in [-0.15, -0.1) is 0 Å². The summed E-state index contributed by atoms with van der Waals surface area (Å²) < 4.78 is 0. The molecule has 0 saturated heterocycles. The van der Waals surface area contributed by atoms with Gasteiger partial charge in [0, 0.05) is 5.92 Å². The van der Waals surface area contributed by atoms with Crippen LogP contribution in [0.5, 0.6) is 0 Å². The number of hydrogen-bond acceptors (Lipinski definition) is 0. The smallest absolute Gasteiger partial charge is 0.00955 e. The van der Waals surface area contributed by atoms with E-state index in [4.69, 9.17) is 0 Å². The average molecular weight is 377 g/mol. The van der Waals surface area contributed by atoms with E-state index in [1.807, 2.05) is 0 Å². The molecule has 1 unspecified atom stereocenters. The van der Waals surface area contributed by atoms with Crippen molar-refractivity contribution in [3.05, 3.63) is 105 Å². The molecule has 0 aromatic heterocycles. The van der Waals surface area contributed by atoms with E-state index in [2.05, 4.69) is 94.4 Å². The summed E-state index contributed by atoms with van der Waals surface area (Å²) in [5.74, 6) is 0.468. The lowest BCUT2D eigenvalue weighted by Crippen LogP contribution is -2.04. The maximum Gasteiger partial charge on any atom is 0.00955 e. The summed E-state index contributed by atoms with van der Waals surface area (Å²) in [6.45, 7) is 8.96. The number of rotatable bonds is 3. The van der Waals surface area contributed by atoms with Gasteiger partial charge in [0.05, 0.1) is 0 Å². The van der Waals surface area contributed by atoms with E-state index in [1.54, 1.807) is 0 Å². The molecule has 0 nitrogen and oxygen atoms in total. The van der Waals surface area contributed by atoms with Crippen molar-refractivity contribution < 1.29 is 0 Å².